The molecule has 0 fully saturated rings. The van der Waals surface area contributed by atoms with Gasteiger partial charge in [0.15, 0.2) is 5.75 Å². The van der Waals surface area contributed by atoms with Crippen molar-refractivity contribution in [3.05, 3.63) is 84.4 Å². The number of hydrogen-bond donors (Lipinski definition) is 2. The van der Waals surface area contributed by atoms with Crippen molar-refractivity contribution >= 4 is 54.4 Å². The molecule has 0 aliphatic carbocycles. The third-order valence-electron chi connectivity index (χ3n) is 5.47. The van der Waals surface area contributed by atoms with Gasteiger partial charge in [-0.2, -0.15) is 18.6 Å². The topological polar surface area (TPSA) is 160 Å². The predicted molar refractivity (Wildman–Crippen MR) is 142 cm³/mol. The molecular weight excluding hydrogens is 549 g/mol. The number of benzene rings is 4. The number of rotatable bonds is 6. The van der Waals surface area contributed by atoms with Crippen LogP contribution in [0.5, 0.6) is 11.5 Å². The third-order valence-corrected chi connectivity index (χ3v) is 7.78. The van der Waals surface area contributed by atoms with Crippen LogP contribution < -0.4 is 34.7 Å². The number of fused-ring (bicyclic) bond motifs is 1. The molecule has 0 saturated heterocycles. The molecule has 1 aromatic heterocycles. The SMILES string of the molecule is Cc1ccc2nc(-c3ccc(N=Nc4ccc([O-])c(N=Nc5ccccc5)c4O)cc3)sc2c1S(=O)(=O)O.[Na+]. The Bertz CT molecular complexity index is 1820. The maximum Gasteiger partial charge on any atom is 1.00 e. The second-order valence-corrected chi connectivity index (χ2v) is 10.5. The molecule has 39 heavy (non-hydrogen) atoms. The van der Waals surface area contributed by atoms with Gasteiger partial charge in [-0.05, 0) is 61.0 Å². The van der Waals surface area contributed by atoms with Crippen LogP contribution in [0.25, 0.3) is 20.8 Å². The Balaban J connectivity index is 0.00000353. The predicted octanol–water partition coefficient (Wildman–Crippen LogP) is 4.13. The van der Waals surface area contributed by atoms with E-state index in [2.05, 4.69) is 25.4 Å². The maximum absolute atomic E-state index is 12.2. The smallest absolute Gasteiger partial charge is 0.871 e. The molecule has 0 amide bonds. The van der Waals surface area contributed by atoms with Crippen LogP contribution in [0.2, 0.25) is 0 Å². The summed E-state index contributed by atoms with van der Waals surface area (Å²) in [6, 6.07) is 21.5. The molecule has 0 radical (unpaired) electrons. The van der Waals surface area contributed by atoms with Crippen LogP contribution in [0.3, 0.4) is 0 Å². The summed E-state index contributed by atoms with van der Waals surface area (Å²) in [6.45, 7) is 1.61. The fourth-order valence-corrected chi connectivity index (χ4v) is 5.94. The fourth-order valence-electron chi connectivity index (χ4n) is 3.62. The molecule has 0 saturated carbocycles. The van der Waals surface area contributed by atoms with Gasteiger partial charge in [-0.15, -0.1) is 21.6 Å². The van der Waals surface area contributed by atoms with E-state index in [-0.39, 0.29) is 45.8 Å². The number of aromatic hydroxyl groups is 1. The van der Waals surface area contributed by atoms with Gasteiger partial charge >= 0.3 is 29.6 Å². The van der Waals surface area contributed by atoms with Gasteiger partial charge in [0.25, 0.3) is 10.1 Å². The van der Waals surface area contributed by atoms with Gasteiger partial charge in [-0.25, -0.2) is 4.98 Å². The minimum absolute atomic E-state index is 0. The maximum atomic E-state index is 12.2. The van der Waals surface area contributed by atoms with E-state index in [4.69, 9.17) is 0 Å². The summed E-state index contributed by atoms with van der Waals surface area (Å²) in [5.74, 6) is -0.939. The van der Waals surface area contributed by atoms with Crippen LogP contribution in [0, 0.1) is 6.92 Å². The number of aryl methyl sites for hydroxylation is 1. The fraction of sp³-hybridized carbons (Fsp3) is 0.0385. The van der Waals surface area contributed by atoms with Gasteiger partial charge in [-0.1, -0.05) is 36.1 Å². The van der Waals surface area contributed by atoms with E-state index in [0.29, 0.717) is 37.7 Å². The average Bonchev–Trinajstić information content (AvgIpc) is 3.32. The quantitative estimate of drug-likeness (QED) is 0.178. The minimum atomic E-state index is -4.41. The molecule has 0 aliphatic rings. The number of nitrogens with zero attached hydrogens (tertiary/aromatic N) is 5. The summed E-state index contributed by atoms with van der Waals surface area (Å²) in [5, 5.41) is 39.3. The molecule has 0 spiro atoms. The number of phenolic OH excluding ortho intramolecular Hbond substituents is 1. The van der Waals surface area contributed by atoms with Gasteiger partial charge in [0, 0.05) is 5.56 Å². The molecule has 2 N–H and O–H groups in total. The molecule has 4 aromatic carbocycles. The van der Waals surface area contributed by atoms with Gasteiger partial charge < -0.3 is 10.2 Å². The van der Waals surface area contributed by atoms with Crippen molar-refractivity contribution in [1.82, 2.24) is 4.98 Å². The summed E-state index contributed by atoms with van der Waals surface area (Å²) in [6.07, 6.45) is 0. The van der Waals surface area contributed by atoms with Gasteiger partial charge in [-0.3, -0.25) is 4.55 Å². The van der Waals surface area contributed by atoms with Crippen molar-refractivity contribution in [2.45, 2.75) is 11.8 Å². The minimum Gasteiger partial charge on any atom is -0.871 e. The summed E-state index contributed by atoms with van der Waals surface area (Å²) in [5.41, 5.74) is 2.41. The molecule has 0 atom stereocenters. The number of phenols is 1. The van der Waals surface area contributed by atoms with Crippen molar-refractivity contribution in [1.29, 1.82) is 0 Å². The number of thiazole rings is 1. The van der Waals surface area contributed by atoms with E-state index >= 15 is 0 Å². The third kappa shape index (κ3) is 6.22. The molecule has 5 aromatic rings. The van der Waals surface area contributed by atoms with Crippen LogP contribution in [0.15, 0.2) is 104 Å². The Morgan fingerprint density at radius 2 is 1.51 bits per heavy atom. The molecule has 10 nitrogen and oxygen atoms in total. The van der Waals surface area contributed by atoms with Crippen LogP contribution in [0.4, 0.5) is 22.7 Å². The average molecular weight is 568 g/mol. The molecule has 5 rings (SSSR count). The van der Waals surface area contributed by atoms with Gasteiger partial charge in [0.05, 0.1) is 21.6 Å². The zero-order chi connectivity index (χ0) is 26.9. The summed E-state index contributed by atoms with van der Waals surface area (Å²) >= 11 is 1.16. The van der Waals surface area contributed by atoms with E-state index in [1.54, 1.807) is 67.6 Å². The Morgan fingerprint density at radius 3 is 2.21 bits per heavy atom. The van der Waals surface area contributed by atoms with Crippen molar-refractivity contribution in [3.8, 4) is 22.1 Å². The van der Waals surface area contributed by atoms with Gasteiger partial charge in [0.2, 0.25) is 0 Å². The van der Waals surface area contributed by atoms with Crippen LogP contribution in [-0.4, -0.2) is 23.1 Å². The van der Waals surface area contributed by atoms with Crippen LogP contribution in [-0.2, 0) is 10.1 Å². The van der Waals surface area contributed by atoms with E-state index in [1.165, 1.54) is 12.1 Å². The molecule has 0 aliphatic heterocycles. The second kappa shape index (κ2) is 11.7. The second-order valence-electron chi connectivity index (χ2n) is 8.12. The molecule has 0 bridgehead atoms. The monoisotopic (exact) mass is 567 g/mol. The Hall–Kier alpha value is -3.52. The molecule has 0 unspecified atom stereocenters. The van der Waals surface area contributed by atoms with Crippen molar-refractivity contribution < 1.29 is 52.7 Å². The Kier molecular flexibility index (Phi) is 8.54. The van der Waals surface area contributed by atoms with Crippen LogP contribution in [0.1, 0.15) is 5.56 Å². The van der Waals surface area contributed by atoms with Crippen molar-refractivity contribution in [2.75, 3.05) is 0 Å². The van der Waals surface area contributed by atoms with E-state index in [0.717, 1.165) is 11.3 Å². The largest absolute Gasteiger partial charge is 1.00 e. The van der Waals surface area contributed by atoms with E-state index in [9.17, 15) is 23.2 Å². The summed E-state index contributed by atoms with van der Waals surface area (Å²) < 4.78 is 33.8. The van der Waals surface area contributed by atoms with E-state index < -0.39 is 21.6 Å². The molecule has 1 heterocycles. The first-order valence-corrected chi connectivity index (χ1v) is 13.4. The number of azo groups is 2. The van der Waals surface area contributed by atoms with Crippen molar-refractivity contribution in [2.24, 2.45) is 20.5 Å². The molecule has 190 valence electrons. The van der Waals surface area contributed by atoms with E-state index in [1.807, 2.05) is 6.07 Å². The Labute approximate surface area is 249 Å². The molecule has 13 heteroatoms. The normalized spacial score (nSPS) is 11.8. The van der Waals surface area contributed by atoms with Gasteiger partial charge in [0.1, 0.15) is 21.3 Å². The standard InChI is InChI=1S/C26H19N5O5S2.Na/c1-15-7-12-20-24(25(15)38(34,35)36)37-26(27-20)16-8-10-18(11-9-16)28-30-19-13-14-21(32)22(23(19)33)31-29-17-5-3-2-4-6-17;/h2-14,32-33H,1H3,(H,34,35,36);/q;+1/p-1. The zero-order valence-electron chi connectivity index (χ0n) is 20.7. The zero-order valence-corrected chi connectivity index (χ0v) is 24.3. The molecular formula is C26H18N5NaO5S2. The first kappa shape index (κ1) is 28.5. The first-order chi connectivity index (χ1) is 18.2. The summed E-state index contributed by atoms with van der Waals surface area (Å²) in [4.78, 5) is 4.35. The van der Waals surface area contributed by atoms with Crippen LogP contribution >= 0.6 is 11.3 Å². The number of aromatic nitrogens is 1. The number of hydrogen-bond acceptors (Lipinski definition) is 10. The Morgan fingerprint density at radius 1 is 0.846 bits per heavy atom. The van der Waals surface area contributed by atoms with Crippen molar-refractivity contribution in [3.63, 3.8) is 0 Å². The summed E-state index contributed by atoms with van der Waals surface area (Å²) in [7, 11) is -4.41. The first-order valence-electron chi connectivity index (χ1n) is 11.1.